The second-order valence-electron chi connectivity index (χ2n) is 40.1. The molecule has 18 aliphatic carbocycles. The van der Waals surface area contributed by atoms with Gasteiger partial charge in [-0.05, 0) is 366 Å². The summed E-state index contributed by atoms with van der Waals surface area (Å²) < 4.78 is 30.9. The number of carbonyl (C=O) groups is 4. The van der Waals surface area contributed by atoms with E-state index in [9.17, 15) is 19.2 Å². The van der Waals surface area contributed by atoms with Crippen molar-refractivity contribution in [3.8, 4) is 0 Å². The third-order valence-electron chi connectivity index (χ3n) is 35.6. The summed E-state index contributed by atoms with van der Waals surface area (Å²) in [6.07, 6.45) is 30.9. The molecule has 0 aromatic rings. The van der Waals surface area contributed by atoms with Crippen molar-refractivity contribution in [3.05, 3.63) is 0 Å². The molecule has 20 bridgehead atoms. The minimum absolute atomic E-state index is 0.0122. The Bertz CT molecular complexity index is 2820. The van der Waals surface area contributed by atoms with Gasteiger partial charge in [0.1, 0.15) is 22.4 Å². The lowest BCUT2D eigenvalue weighted by Crippen LogP contribution is -2.60. The van der Waals surface area contributed by atoms with Gasteiger partial charge in [0.05, 0.1) is 35.9 Å². The van der Waals surface area contributed by atoms with Crippen LogP contribution in [0.5, 0.6) is 0 Å². The molecule has 2 heterocycles. The van der Waals surface area contributed by atoms with Gasteiger partial charge in [0, 0.05) is 5.92 Å². The molecule has 9 heteroatoms. The molecule has 93 heavy (non-hydrogen) atoms. The average molecular weight is 1280 g/mol. The number of ether oxygens (including phenoxy) is 5. The number of esters is 4. The number of rotatable bonds is 10. The number of hydrogen-bond donors (Lipinski definition) is 0. The first-order valence-corrected chi connectivity index (χ1v) is 40.7. The largest absolute Gasteiger partial charge is 0.460 e. The third-order valence-corrected chi connectivity index (χ3v) is 35.6. The van der Waals surface area contributed by atoms with Crippen LogP contribution in [0.15, 0.2) is 0 Å². The Morgan fingerprint density at radius 3 is 1.45 bits per heavy atom. The van der Waals surface area contributed by atoms with Gasteiger partial charge in [-0.2, -0.15) is 0 Å². The molecule has 0 spiro atoms. The van der Waals surface area contributed by atoms with Crippen LogP contribution in [0.25, 0.3) is 0 Å². The highest BCUT2D eigenvalue weighted by Crippen LogP contribution is 2.73. The van der Waals surface area contributed by atoms with Crippen LogP contribution in [-0.4, -0.2) is 58.5 Å². The molecule has 20 aliphatic rings. The molecule has 520 valence electrons. The van der Waals surface area contributed by atoms with Gasteiger partial charge in [0.2, 0.25) is 0 Å². The molecular formula is C84H130O9. The summed E-state index contributed by atoms with van der Waals surface area (Å²) in [5.74, 6) is 25.8. The van der Waals surface area contributed by atoms with E-state index in [1.165, 1.54) is 109 Å². The maximum absolute atomic E-state index is 13.2. The topological polar surface area (TPSA) is 114 Å². The molecule has 0 aromatic carbocycles. The van der Waals surface area contributed by atoms with Crippen LogP contribution >= 0.6 is 0 Å². The van der Waals surface area contributed by atoms with E-state index in [2.05, 4.69) is 83.1 Å². The Kier molecular flexibility index (Phi) is 16.5. The van der Waals surface area contributed by atoms with E-state index in [1.807, 2.05) is 20.8 Å². The lowest BCUT2D eigenvalue weighted by molar-refractivity contribution is -0.216. The van der Waals surface area contributed by atoms with Gasteiger partial charge in [-0.3, -0.25) is 19.2 Å². The number of carbonyl (C=O) groups excluding carboxylic acids is 4. The summed E-state index contributed by atoms with van der Waals surface area (Å²) in [4.78, 5) is 51.8. The molecule has 0 amide bonds. The van der Waals surface area contributed by atoms with Crippen molar-refractivity contribution in [2.24, 2.45) is 207 Å². The molecule has 0 aromatic heterocycles. The highest BCUT2D eigenvalue weighted by molar-refractivity contribution is 5.76. The minimum Gasteiger partial charge on any atom is -0.460 e. The van der Waals surface area contributed by atoms with Gasteiger partial charge >= 0.3 is 23.9 Å². The monoisotopic (exact) mass is 1280 g/mol. The fourth-order valence-corrected chi connectivity index (χ4v) is 30.9. The molecule has 20 fully saturated rings. The maximum atomic E-state index is 13.2. The quantitative estimate of drug-likeness (QED) is 0.120. The van der Waals surface area contributed by atoms with Crippen molar-refractivity contribution in [2.45, 2.75) is 293 Å². The summed E-state index contributed by atoms with van der Waals surface area (Å²) in [5.41, 5.74) is -0.841. The van der Waals surface area contributed by atoms with Crippen LogP contribution in [0.3, 0.4) is 0 Å². The van der Waals surface area contributed by atoms with Crippen molar-refractivity contribution in [1.82, 2.24) is 0 Å². The lowest BCUT2D eigenvalue weighted by Gasteiger charge is -2.60. The fraction of sp³-hybridized carbons (Fsp3) is 0.952. The molecule has 2 aliphatic heterocycles. The van der Waals surface area contributed by atoms with E-state index in [0.29, 0.717) is 65.1 Å². The van der Waals surface area contributed by atoms with E-state index < -0.39 is 0 Å². The first kappa shape index (κ1) is 65.5. The zero-order chi connectivity index (χ0) is 65.2. The molecule has 20 rings (SSSR count). The summed E-state index contributed by atoms with van der Waals surface area (Å²) >= 11 is 0. The summed E-state index contributed by atoms with van der Waals surface area (Å²) in [7, 11) is 0. The molecule has 18 saturated carbocycles. The first-order chi connectivity index (χ1) is 44.2. The number of hydrogen-bond acceptors (Lipinski definition) is 9. The van der Waals surface area contributed by atoms with Gasteiger partial charge in [-0.1, -0.05) is 69.2 Å². The van der Waals surface area contributed by atoms with E-state index in [4.69, 9.17) is 23.7 Å². The summed E-state index contributed by atoms with van der Waals surface area (Å²) in [6.45, 7) is 33.9. The van der Waals surface area contributed by atoms with Crippen LogP contribution < -0.4 is 0 Å². The molecule has 0 radical (unpaired) electrons. The molecule has 34 atom stereocenters. The standard InChI is InChI=1S/C25H38O2.C21H32O3.2C19H30O2/c1-12-13(2)18-8-16(12)9-19(18)24(26)27-25(3,4)21-11-17-10-20(21)23-15-6-5-14(7-15)22(17)23;1-4-21(15-6-13-5-14(8-15)9-16(21)7-13)24-20(22)17-10-18-11(2)12(3)19(17)23-18;1-9-10(2)13-8-12(9)16-11-6-14(17(13)16)15(7-11)18(20)21-19(3,4)5;1-4-19(10-13-5-6-15(19)7-13)21-18(20)17-9-14-8-16(17)12(3)11(14)2/h12-23H,5-11H2,1-4H3;11-19H,4-10H2,1-3H3;9-17H,6-8H2,1-5H3;11-17H,4-10H2,1-3H3. The predicted molar refractivity (Wildman–Crippen MR) is 362 cm³/mol. The van der Waals surface area contributed by atoms with Crippen LogP contribution in [-0.2, 0) is 42.9 Å². The second-order valence-corrected chi connectivity index (χ2v) is 40.1. The third kappa shape index (κ3) is 10.3. The molecular weight excluding hydrogens is 1150 g/mol. The zero-order valence-electron chi connectivity index (χ0n) is 61.0. The summed E-state index contributed by atoms with van der Waals surface area (Å²) in [6, 6.07) is 0. The van der Waals surface area contributed by atoms with Crippen LogP contribution in [0, 0.1) is 207 Å². The molecule has 34 unspecified atom stereocenters. The fourth-order valence-electron chi connectivity index (χ4n) is 30.9. The Labute approximate surface area is 563 Å². The van der Waals surface area contributed by atoms with Gasteiger partial charge < -0.3 is 23.7 Å². The van der Waals surface area contributed by atoms with Crippen molar-refractivity contribution in [2.75, 3.05) is 0 Å². The molecule has 2 saturated heterocycles. The normalized spacial score (nSPS) is 56.0. The van der Waals surface area contributed by atoms with Gasteiger partial charge in [0.25, 0.3) is 0 Å². The predicted octanol–water partition coefficient (Wildman–Crippen LogP) is 18.3. The Morgan fingerprint density at radius 2 is 0.903 bits per heavy atom. The van der Waals surface area contributed by atoms with E-state index in [0.717, 1.165) is 163 Å². The van der Waals surface area contributed by atoms with Crippen LogP contribution in [0.4, 0.5) is 0 Å². The van der Waals surface area contributed by atoms with Gasteiger partial charge in [-0.25, -0.2) is 0 Å². The number of fused-ring (bicyclic) bond motifs is 26. The van der Waals surface area contributed by atoms with Crippen molar-refractivity contribution >= 4 is 23.9 Å². The van der Waals surface area contributed by atoms with Crippen molar-refractivity contribution < 1.29 is 42.9 Å². The van der Waals surface area contributed by atoms with Crippen LogP contribution in [0.2, 0.25) is 0 Å². The lowest BCUT2D eigenvalue weighted by atomic mass is 9.49. The molecule has 0 N–H and O–H groups in total. The Morgan fingerprint density at radius 1 is 0.387 bits per heavy atom. The Hall–Kier alpha value is -2.16. The SMILES string of the molecule is CC1C(C)C2CC1C1C3CC(C(=O)OC(C)(C)C)C(C3)C21.CC1C2CC(C(=O)OC(C)(C)C3CC4CC3C3C5CCC(C5)C43)C(C2)C1C.CCC1(OC(=O)C2CC3CC2C(C)C3C)CC2CCC1C2.CCC1(OC(=O)C2CC3OC2C(C)C3C)C2CC3CC(C2)CC1C3. The highest BCUT2D eigenvalue weighted by atomic mass is 16.6. The van der Waals surface area contributed by atoms with E-state index in [-0.39, 0.29) is 82.2 Å². The van der Waals surface area contributed by atoms with Gasteiger partial charge in [-0.15, -0.1) is 0 Å². The highest BCUT2D eigenvalue weighted by Gasteiger charge is 2.69. The van der Waals surface area contributed by atoms with Gasteiger partial charge in [0.15, 0.2) is 0 Å². The maximum Gasteiger partial charge on any atom is 0.312 e. The van der Waals surface area contributed by atoms with Crippen molar-refractivity contribution in [1.29, 1.82) is 0 Å². The first-order valence-electron chi connectivity index (χ1n) is 40.7. The smallest absolute Gasteiger partial charge is 0.312 e. The summed E-state index contributed by atoms with van der Waals surface area (Å²) in [5, 5.41) is 0. The molecule has 9 nitrogen and oxygen atoms in total. The minimum atomic E-state index is -0.338. The second kappa shape index (κ2) is 23.5. The van der Waals surface area contributed by atoms with E-state index in [1.54, 1.807) is 0 Å². The Balaban J connectivity index is 0.0000000989. The van der Waals surface area contributed by atoms with E-state index >= 15 is 0 Å². The van der Waals surface area contributed by atoms with Crippen molar-refractivity contribution in [3.63, 3.8) is 0 Å². The zero-order valence-corrected chi connectivity index (χ0v) is 61.0. The van der Waals surface area contributed by atoms with Crippen LogP contribution in [0.1, 0.15) is 258 Å². The average Bonchev–Trinajstić information content (AvgIpc) is 1.64.